The highest BCUT2D eigenvalue weighted by Gasteiger charge is 2.13. The lowest BCUT2D eigenvalue weighted by atomic mass is 10.2. The van der Waals surface area contributed by atoms with Gasteiger partial charge in [-0.25, -0.2) is 0 Å². The van der Waals surface area contributed by atoms with Gasteiger partial charge in [0.25, 0.3) is 0 Å². The zero-order valence-corrected chi connectivity index (χ0v) is 12.4. The van der Waals surface area contributed by atoms with Crippen molar-refractivity contribution in [2.75, 3.05) is 18.4 Å². The van der Waals surface area contributed by atoms with Crippen molar-refractivity contribution in [1.29, 1.82) is 5.26 Å². The Morgan fingerprint density at radius 2 is 1.80 bits per heavy atom. The molecule has 0 spiro atoms. The second-order valence-corrected chi connectivity index (χ2v) is 5.23. The van der Waals surface area contributed by atoms with Gasteiger partial charge in [-0.05, 0) is 37.1 Å². The van der Waals surface area contributed by atoms with E-state index in [0.29, 0.717) is 21.4 Å². The Morgan fingerprint density at radius 1 is 1.20 bits per heavy atom. The summed E-state index contributed by atoms with van der Waals surface area (Å²) in [6, 6.07) is 9.34. The third-order valence-corrected chi connectivity index (χ3v) is 3.46. The normalized spacial score (nSPS) is 14.3. The topological polar surface area (TPSA) is 59.9 Å². The molecule has 1 aliphatic rings. The Labute approximate surface area is 128 Å². The first-order valence-corrected chi connectivity index (χ1v) is 7.18. The molecule has 0 amide bonds. The van der Waals surface area contributed by atoms with Gasteiger partial charge in [-0.2, -0.15) is 5.26 Å². The van der Waals surface area contributed by atoms with Gasteiger partial charge in [0, 0.05) is 23.8 Å². The molecule has 6 heteroatoms. The third-order valence-electron chi connectivity index (χ3n) is 2.90. The Kier molecular flexibility index (Phi) is 5.22. The van der Waals surface area contributed by atoms with Crippen molar-refractivity contribution < 1.29 is 0 Å². The van der Waals surface area contributed by atoms with E-state index in [4.69, 9.17) is 23.8 Å². The van der Waals surface area contributed by atoms with Gasteiger partial charge in [0.2, 0.25) is 0 Å². The fourth-order valence-corrected chi connectivity index (χ4v) is 2.25. The number of hydrogen-bond donors (Lipinski definition) is 3. The first kappa shape index (κ1) is 14.6. The van der Waals surface area contributed by atoms with E-state index in [9.17, 15) is 5.26 Å². The van der Waals surface area contributed by atoms with E-state index in [1.807, 2.05) is 12.1 Å². The number of nitriles is 1. The van der Waals surface area contributed by atoms with Crippen LogP contribution in [0.4, 0.5) is 5.69 Å². The highest BCUT2D eigenvalue weighted by atomic mass is 35.5. The monoisotopic (exact) mass is 306 g/mol. The molecular formula is C14H15ClN4S. The van der Waals surface area contributed by atoms with Crippen LogP contribution in [-0.2, 0) is 0 Å². The van der Waals surface area contributed by atoms with Gasteiger partial charge in [-0.15, -0.1) is 0 Å². The van der Waals surface area contributed by atoms with Crippen molar-refractivity contribution in [2.24, 2.45) is 0 Å². The van der Waals surface area contributed by atoms with Gasteiger partial charge >= 0.3 is 0 Å². The maximum Gasteiger partial charge on any atom is 0.127 e. The van der Waals surface area contributed by atoms with Gasteiger partial charge < -0.3 is 16.0 Å². The van der Waals surface area contributed by atoms with E-state index < -0.39 is 0 Å². The maximum absolute atomic E-state index is 9.33. The molecular weight excluding hydrogens is 292 g/mol. The van der Waals surface area contributed by atoms with E-state index in [2.05, 4.69) is 22.0 Å². The van der Waals surface area contributed by atoms with Gasteiger partial charge in [-0.3, -0.25) is 0 Å². The van der Waals surface area contributed by atoms with Crippen LogP contribution in [0.5, 0.6) is 0 Å². The number of nitrogens with one attached hydrogen (secondary N) is 3. The highest BCUT2D eigenvalue weighted by Crippen LogP contribution is 2.15. The second kappa shape index (κ2) is 7.13. The van der Waals surface area contributed by atoms with Crippen molar-refractivity contribution in [3.8, 4) is 6.07 Å². The summed E-state index contributed by atoms with van der Waals surface area (Å²) in [6.07, 6.45) is 2.15. The standard InChI is InChI=1S/C14H15ClN4S/c15-10-3-5-11(6-4-10)19-14(20)12(9-16)13-17-7-1-2-8-18-13/h3-6,17-18H,1-2,7-8H2,(H,19,20). The smallest absolute Gasteiger partial charge is 0.127 e. The zero-order chi connectivity index (χ0) is 14.4. The summed E-state index contributed by atoms with van der Waals surface area (Å²) in [5.41, 5.74) is 1.23. The summed E-state index contributed by atoms with van der Waals surface area (Å²) < 4.78 is 0. The molecule has 0 aliphatic carbocycles. The first-order valence-electron chi connectivity index (χ1n) is 6.40. The molecule has 1 aromatic carbocycles. The Bertz CT molecular complexity index is 550. The lowest BCUT2D eigenvalue weighted by Crippen LogP contribution is -2.29. The number of hydrogen-bond acceptors (Lipinski definition) is 4. The number of halogens is 1. The van der Waals surface area contributed by atoms with Crippen LogP contribution >= 0.6 is 23.8 Å². The number of benzene rings is 1. The summed E-state index contributed by atoms with van der Waals surface area (Å²) in [4.78, 5) is 0.395. The SMILES string of the molecule is N#CC(C(=S)Nc1ccc(Cl)cc1)=C1NCCCCN1. The van der Waals surface area contributed by atoms with Crippen molar-refractivity contribution in [3.05, 3.63) is 40.7 Å². The van der Waals surface area contributed by atoms with E-state index in [1.165, 1.54) is 0 Å². The van der Waals surface area contributed by atoms with Crippen LogP contribution in [0.2, 0.25) is 5.02 Å². The quantitative estimate of drug-likeness (QED) is 0.445. The molecule has 1 aromatic rings. The fourth-order valence-electron chi connectivity index (χ4n) is 1.86. The second-order valence-electron chi connectivity index (χ2n) is 4.38. The van der Waals surface area contributed by atoms with Crippen molar-refractivity contribution in [1.82, 2.24) is 10.6 Å². The van der Waals surface area contributed by atoms with Gasteiger partial charge in [0.15, 0.2) is 0 Å². The van der Waals surface area contributed by atoms with E-state index in [1.54, 1.807) is 12.1 Å². The lowest BCUT2D eigenvalue weighted by molar-refractivity contribution is 0.742. The molecule has 1 fully saturated rings. The van der Waals surface area contributed by atoms with Crippen molar-refractivity contribution in [2.45, 2.75) is 12.8 Å². The van der Waals surface area contributed by atoms with E-state index in [-0.39, 0.29) is 0 Å². The molecule has 0 radical (unpaired) electrons. The molecule has 0 saturated carbocycles. The van der Waals surface area contributed by atoms with Crippen LogP contribution < -0.4 is 16.0 Å². The molecule has 1 saturated heterocycles. The summed E-state index contributed by atoms with van der Waals surface area (Å²) in [7, 11) is 0. The average molecular weight is 307 g/mol. The largest absolute Gasteiger partial charge is 0.371 e. The number of nitrogens with zero attached hydrogens (tertiary/aromatic N) is 1. The van der Waals surface area contributed by atoms with Crippen molar-refractivity contribution >= 4 is 34.5 Å². The highest BCUT2D eigenvalue weighted by molar-refractivity contribution is 7.81. The molecule has 20 heavy (non-hydrogen) atoms. The first-order chi connectivity index (χ1) is 9.70. The van der Waals surface area contributed by atoms with E-state index in [0.717, 1.165) is 31.6 Å². The molecule has 104 valence electrons. The zero-order valence-electron chi connectivity index (χ0n) is 10.9. The van der Waals surface area contributed by atoms with Crippen LogP contribution in [0, 0.1) is 11.3 Å². The van der Waals surface area contributed by atoms with Crippen LogP contribution in [0.25, 0.3) is 0 Å². The lowest BCUT2D eigenvalue weighted by Gasteiger charge is -2.13. The van der Waals surface area contributed by atoms with Gasteiger partial charge in [-0.1, -0.05) is 23.8 Å². The Morgan fingerprint density at radius 3 is 2.35 bits per heavy atom. The molecule has 0 unspecified atom stereocenters. The van der Waals surface area contributed by atoms with Crippen LogP contribution in [0.1, 0.15) is 12.8 Å². The molecule has 4 nitrogen and oxygen atoms in total. The minimum absolute atomic E-state index is 0.395. The van der Waals surface area contributed by atoms with Crippen LogP contribution in [0.15, 0.2) is 35.7 Å². The van der Waals surface area contributed by atoms with Gasteiger partial charge in [0.05, 0.1) is 0 Å². The Hall–Kier alpha value is -1.77. The molecule has 1 heterocycles. The average Bonchev–Trinajstić information content (AvgIpc) is 2.71. The summed E-state index contributed by atoms with van der Waals surface area (Å²) in [5.74, 6) is 0.705. The van der Waals surface area contributed by atoms with Crippen LogP contribution in [0.3, 0.4) is 0 Å². The molecule has 2 rings (SSSR count). The fraction of sp³-hybridized carbons (Fsp3) is 0.286. The Balaban J connectivity index is 2.14. The molecule has 3 N–H and O–H groups in total. The molecule has 0 bridgehead atoms. The summed E-state index contributed by atoms with van der Waals surface area (Å²) >= 11 is 11.1. The molecule has 1 aliphatic heterocycles. The molecule has 0 atom stereocenters. The van der Waals surface area contributed by atoms with Crippen molar-refractivity contribution in [3.63, 3.8) is 0 Å². The molecule has 0 aromatic heterocycles. The predicted molar refractivity (Wildman–Crippen MR) is 85.6 cm³/mol. The number of thiocarbonyl (C=S) groups is 1. The minimum Gasteiger partial charge on any atom is -0.371 e. The minimum atomic E-state index is 0.395. The van der Waals surface area contributed by atoms with E-state index >= 15 is 0 Å². The maximum atomic E-state index is 9.33. The van der Waals surface area contributed by atoms with Crippen LogP contribution in [-0.4, -0.2) is 18.1 Å². The summed E-state index contributed by atoms with van der Waals surface area (Å²) in [5, 5.41) is 19.4. The predicted octanol–water partition coefficient (Wildman–Crippen LogP) is 2.79. The summed E-state index contributed by atoms with van der Waals surface area (Å²) in [6.45, 7) is 1.69. The third kappa shape index (κ3) is 3.86. The number of anilines is 1. The van der Waals surface area contributed by atoms with Gasteiger partial charge in [0.1, 0.15) is 22.5 Å². The number of rotatable bonds is 2.